The molecule has 2 aromatic rings. The zero-order chi connectivity index (χ0) is 14.0. The van der Waals surface area contributed by atoms with Crippen LogP contribution in [0.15, 0.2) is 23.6 Å². The van der Waals surface area contributed by atoms with Gasteiger partial charge in [0, 0.05) is 16.6 Å². The summed E-state index contributed by atoms with van der Waals surface area (Å²) in [4.78, 5) is 26.2. The predicted octanol–water partition coefficient (Wildman–Crippen LogP) is 2.54. The Balaban J connectivity index is 2.21. The Kier molecular flexibility index (Phi) is 3.57. The standard InChI is InChI=1S/C12H9FN2O3S/c1-6-7(13)3-2-4-8(6)14-10(16)11-15-9(5-19-11)12(17)18/h2-5H,1H3,(H,14,16)(H,17,18). The minimum atomic E-state index is -1.20. The van der Waals surface area contributed by atoms with Crippen molar-refractivity contribution in [3.05, 3.63) is 45.7 Å². The van der Waals surface area contributed by atoms with E-state index >= 15 is 0 Å². The number of aromatic carboxylic acids is 1. The number of carbonyl (C=O) groups is 2. The first-order chi connectivity index (χ1) is 8.99. The molecule has 19 heavy (non-hydrogen) atoms. The van der Waals surface area contributed by atoms with Crippen molar-refractivity contribution in [2.75, 3.05) is 5.32 Å². The quantitative estimate of drug-likeness (QED) is 0.905. The normalized spacial score (nSPS) is 10.2. The third kappa shape index (κ3) is 2.76. The van der Waals surface area contributed by atoms with Crippen LogP contribution in [-0.4, -0.2) is 22.0 Å². The molecule has 7 heteroatoms. The molecular weight excluding hydrogens is 271 g/mol. The fourth-order valence-corrected chi connectivity index (χ4v) is 2.08. The summed E-state index contributed by atoms with van der Waals surface area (Å²) in [5, 5.41) is 12.5. The van der Waals surface area contributed by atoms with Crippen molar-refractivity contribution < 1.29 is 19.1 Å². The molecule has 0 fully saturated rings. The van der Waals surface area contributed by atoms with Crippen molar-refractivity contribution >= 4 is 28.9 Å². The molecule has 0 saturated heterocycles. The zero-order valence-electron chi connectivity index (χ0n) is 9.81. The lowest BCUT2D eigenvalue weighted by atomic mass is 10.2. The SMILES string of the molecule is Cc1c(F)cccc1NC(=O)c1nc(C(=O)O)cs1. The van der Waals surface area contributed by atoms with Crippen LogP contribution >= 0.6 is 11.3 Å². The summed E-state index contributed by atoms with van der Waals surface area (Å²) in [7, 11) is 0. The van der Waals surface area contributed by atoms with Crippen molar-refractivity contribution in [2.45, 2.75) is 6.92 Å². The lowest BCUT2D eigenvalue weighted by Gasteiger charge is -2.07. The van der Waals surface area contributed by atoms with Crippen molar-refractivity contribution in [1.29, 1.82) is 0 Å². The number of anilines is 1. The maximum absolute atomic E-state index is 13.3. The minimum Gasteiger partial charge on any atom is -0.476 e. The molecule has 2 N–H and O–H groups in total. The van der Waals surface area contributed by atoms with Gasteiger partial charge in [0.1, 0.15) is 5.82 Å². The highest BCUT2D eigenvalue weighted by atomic mass is 32.1. The molecule has 5 nitrogen and oxygen atoms in total. The molecule has 0 atom stereocenters. The summed E-state index contributed by atoms with van der Waals surface area (Å²) >= 11 is 0.918. The predicted molar refractivity (Wildman–Crippen MR) is 68.2 cm³/mol. The van der Waals surface area contributed by atoms with Gasteiger partial charge in [-0.15, -0.1) is 11.3 Å². The average Bonchev–Trinajstić information content (AvgIpc) is 2.84. The third-order valence-electron chi connectivity index (χ3n) is 2.43. The molecule has 0 spiro atoms. The lowest BCUT2D eigenvalue weighted by Crippen LogP contribution is -2.13. The maximum Gasteiger partial charge on any atom is 0.355 e. The van der Waals surface area contributed by atoms with E-state index in [0.717, 1.165) is 11.3 Å². The van der Waals surface area contributed by atoms with Crippen molar-refractivity contribution in [1.82, 2.24) is 4.98 Å². The van der Waals surface area contributed by atoms with Gasteiger partial charge in [-0.05, 0) is 19.1 Å². The summed E-state index contributed by atoms with van der Waals surface area (Å²) < 4.78 is 13.3. The molecule has 1 heterocycles. The third-order valence-corrected chi connectivity index (χ3v) is 3.27. The highest BCUT2D eigenvalue weighted by Crippen LogP contribution is 2.19. The van der Waals surface area contributed by atoms with Crippen molar-refractivity contribution in [2.24, 2.45) is 0 Å². The number of carboxylic acid groups (broad SMARTS) is 1. The number of carbonyl (C=O) groups excluding carboxylic acids is 1. The first kappa shape index (κ1) is 13.2. The molecule has 98 valence electrons. The monoisotopic (exact) mass is 280 g/mol. The first-order valence-corrected chi connectivity index (χ1v) is 6.12. The van der Waals surface area contributed by atoms with Gasteiger partial charge in [0.25, 0.3) is 5.91 Å². The minimum absolute atomic E-state index is 0.0149. The summed E-state index contributed by atoms with van der Waals surface area (Å²) in [5.74, 6) is -2.19. The number of thiazole rings is 1. The van der Waals surface area contributed by atoms with E-state index in [1.54, 1.807) is 6.07 Å². The van der Waals surface area contributed by atoms with Crippen LogP contribution < -0.4 is 5.32 Å². The van der Waals surface area contributed by atoms with Crippen LogP contribution in [0.3, 0.4) is 0 Å². The Bertz CT molecular complexity index is 654. The Morgan fingerprint density at radius 3 is 2.79 bits per heavy atom. The molecule has 0 unspecified atom stereocenters. The number of amides is 1. The molecule has 2 rings (SSSR count). The van der Waals surface area contributed by atoms with E-state index in [4.69, 9.17) is 5.11 Å². The number of nitrogens with one attached hydrogen (secondary N) is 1. The van der Waals surface area contributed by atoms with Gasteiger partial charge < -0.3 is 10.4 Å². The van der Waals surface area contributed by atoms with Gasteiger partial charge in [-0.2, -0.15) is 0 Å². The molecule has 0 aliphatic rings. The Hall–Kier alpha value is -2.28. The van der Waals surface area contributed by atoms with Gasteiger partial charge in [-0.3, -0.25) is 4.79 Å². The molecule has 1 amide bonds. The van der Waals surface area contributed by atoms with Crippen LogP contribution in [0.5, 0.6) is 0 Å². The van der Waals surface area contributed by atoms with E-state index in [9.17, 15) is 14.0 Å². The topological polar surface area (TPSA) is 79.3 Å². The van der Waals surface area contributed by atoms with Gasteiger partial charge in [0.15, 0.2) is 10.7 Å². The Morgan fingerprint density at radius 2 is 2.16 bits per heavy atom. The smallest absolute Gasteiger partial charge is 0.355 e. The second-order valence-electron chi connectivity index (χ2n) is 3.71. The zero-order valence-corrected chi connectivity index (χ0v) is 10.6. The van der Waals surface area contributed by atoms with Crippen LogP contribution in [0.25, 0.3) is 0 Å². The van der Waals surface area contributed by atoms with E-state index < -0.39 is 17.7 Å². The number of aromatic nitrogens is 1. The van der Waals surface area contributed by atoms with Gasteiger partial charge in [-0.25, -0.2) is 14.2 Å². The fraction of sp³-hybridized carbons (Fsp3) is 0.0833. The highest BCUT2D eigenvalue weighted by Gasteiger charge is 2.16. The van der Waals surface area contributed by atoms with Crippen LogP contribution in [0, 0.1) is 12.7 Å². The largest absolute Gasteiger partial charge is 0.476 e. The number of nitrogens with zero attached hydrogens (tertiary/aromatic N) is 1. The summed E-state index contributed by atoms with van der Waals surface area (Å²) in [6, 6.07) is 4.32. The summed E-state index contributed by atoms with van der Waals surface area (Å²) in [5.41, 5.74) is 0.453. The van der Waals surface area contributed by atoms with Gasteiger partial charge in [0.05, 0.1) is 0 Å². The maximum atomic E-state index is 13.3. The van der Waals surface area contributed by atoms with E-state index in [2.05, 4.69) is 10.3 Å². The number of rotatable bonds is 3. The van der Waals surface area contributed by atoms with E-state index in [1.807, 2.05) is 0 Å². The molecule has 0 aliphatic carbocycles. The van der Waals surface area contributed by atoms with Gasteiger partial charge >= 0.3 is 5.97 Å². The molecule has 1 aromatic carbocycles. The van der Waals surface area contributed by atoms with Crippen LogP contribution in [0.2, 0.25) is 0 Å². The van der Waals surface area contributed by atoms with E-state index in [0.29, 0.717) is 11.3 Å². The molecular formula is C12H9FN2O3S. The Labute approximate surface area is 111 Å². The van der Waals surface area contributed by atoms with E-state index in [-0.39, 0.29) is 10.7 Å². The number of halogens is 1. The summed E-state index contributed by atoms with van der Waals surface area (Å²) in [6.45, 7) is 1.54. The van der Waals surface area contributed by atoms with Crippen LogP contribution in [-0.2, 0) is 0 Å². The number of benzene rings is 1. The number of carboxylic acids is 1. The van der Waals surface area contributed by atoms with Crippen LogP contribution in [0.4, 0.5) is 10.1 Å². The molecule has 0 radical (unpaired) electrons. The fourth-order valence-electron chi connectivity index (χ4n) is 1.39. The highest BCUT2D eigenvalue weighted by molar-refractivity contribution is 7.12. The number of hydrogen-bond acceptors (Lipinski definition) is 4. The summed E-state index contributed by atoms with van der Waals surface area (Å²) in [6.07, 6.45) is 0. The second-order valence-corrected chi connectivity index (χ2v) is 4.57. The molecule has 1 aromatic heterocycles. The lowest BCUT2D eigenvalue weighted by molar-refractivity contribution is 0.0691. The first-order valence-electron chi connectivity index (χ1n) is 5.24. The van der Waals surface area contributed by atoms with Crippen LogP contribution in [0.1, 0.15) is 25.9 Å². The Morgan fingerprint density at radius 1 is 1.42 bits per heavy atom. The number of hydrogen-bond donors (Lipinski definition) is 2. The molecule has 0 saturated carbocycles. The van der Waals surface area contributed by atoms with Gasteiger partial charge in [0.2, 0.25) is 0 Å². The van der Waals surface area contributed by atoms with Gasteiger partial charge in [-0.1, -0.05) is 6.07 Å². The van der Waals surface area contributed by atoms with E-state index in [1.165, 1.54) is 24.4 Å². The molecule has 0 aliphatic heterocycles. The molecule has 0 bridgehead atoms. The average molecular weight is 280 g/mol. The van der Waals surface area contributed by atoms with Crippen molar-refractivity contribution in [3.63, 3.8) is 0 Å². The second kappa shape index (κ2) is 5.15. The van der Waals surface area contributed by atoms with Crippen molar-refractivity contribution in [3.8, 4) is 0 Å².